The van der Waals surface area contributed by atoms with E-state index in [1.54, 1.807) is 7.05 Å². The molecule has 0 aromatic carbocycles. The summed E-state index contributed by atoms with van der Waals surface area (Å²) >= 11 is 0. The molecule has 1 fully saturated rings. The molecule has 0 unspecified atom stereocenters. The highest BCUT2D eigenvalue weighted by Crippen LogP contribution is 2.20. The van der Waals surface area contributed by atoms with Gasteiger partial charge in [0, 0.05) is 7.11 Å². The molecule has 5 heteroatoms. The lowest BCUT2D eigenvalue weighted by atomic mass is 10.1. The molecule has 1 saturated heterocycles. The number of rotatable bonds is 3. The van der Waals surface area contributed by atoms with E-state index in [-0.39, 0.29) is 12.6 Å². The molecule has 3 N–H and O–H groups in total. The zero-order chi connectivity index (χ0) is 9.14. The SMILES string of the molecule is CN[C@@H]1[C@@H](O)[C@@H](OC)O[C@H]1CO. The third-order valence-corrected chi connectivity index (χ3v) is 2.10. The molecular weight excluding hydrogens is 162 g/mol. The van der Waals surface area contributed by atoms with E-state index in [4.69, 9.17) is 14.6 Å². The fourth-order valence-corrected chi connectivity index (χ4v) is 1.43. The molecule has 4 atom stereocenters. The Labute approximate surface area is 71.3 Å². The summed E-state index contributed by atoms with van der Waals surface area (Å²) in [4.78, 5) is 0. The molecule has 5 nitrogen and oxygen atoms in total. The predicted molar refractivity (Wildman–Crippen MR) is 41.6 cm³/mol. The molecule has 1 rings (SSSR count). The van der Waals surface area contributed by atoms with E-state index in [2.05, 4.69) is 5.32 Å². The summed E-state index contributed by atoms with van der Waals surface area (Å²) in [5, 5.41) is 21.3. The van der Waals surface area contributed by atoms with Gasteiger partial charge in [-0.05, 0) is 7.05 Å². The lowest BCUT2D eigenvalue weighted by Crippen LogP contribution is -2.44. The molecule has 1 heterocycles. The van der Waals surface area contributed by atoms with Gasteiger partial charge in [-0.2, -0.15) is 0 Å². The summed E-state index contributed by atoms with van der Waals surface area (Å²) in [6, 6.07) is -0.264. The van der Waals surface area contributed by atoms with Gasteiger partial charge in [0.05, 0.1) is 12.6 Å². The maximum atomic E-state index is 9.53. The topological polar surface area (TPSA) is 71.0 Å². The number of methoxy groups -OCH3 is 1. The van der Waals surface area contributed by atoms with Crippen LogP contribution in [0.25, 0.3) is 0 Å². The van der Waals surface area contributed by atoms with Gasteiger partial charge in [0.1, 0.15) is 12.2 Å². The number of aliphatic hydroxyl groups is 2. The summed E-state index contributed by atoms with van der Waals surface area (Å²) in [5.41, 5.74) is 0. The van der Waals surface area contributed by atoms with Gasteiger partial charge in [-0.25, -0.2) is 0 Å². The minimum atomic E-state index is -0.725. The summed E-state index contributed by atoms with van der Waals surface area (Å²) in [6.45, 7) is -0.123. The van der Waals surface area contributed by atoms with Gasteiger partial charge in [-0.15, -0.1) is 0 Å². The van der Waals surface area contributed by atoms with Crippen LogP contribution in [0.5, 0.6) is 0 Å². The second-order valence-corrected chi connectivity index (χ2v) is 2.77. The van der Waals surface area contributed by atoms with Crippen LogP contribution in [-0.4, -0.2) is 55.5 Å². The third kappa shape index (κ3) is 1.60. The van der Waals surface area contributed by atoms with Crippen molar-refractivity contribution in [3.8, 4) is 0 Å². The fourth-order valence-electron chi connectivity index (χ4n) is 1.43. The van der Waals surface area contributed by atoms with Crippen LogP contribution in [-0.2, 0) is 9.47 Å². The Morgan fingerprint density at radius 1 is 1.58 bits per heavy atom. The predicted octanol–water partition coefficient (Wildman–Crippen LogP) is -1.70. The van der Waals surface area contributed by atoms with Gasteiger partial charge in [-0.3, -0.25) is 0 Å². The summed E-state index contributed by atoms with van der Waals surface area (Å²) in [7, 11) is 3.16. The zero-order valence-electron chi connectivity index (χ0n) is 7.23. The van der Waals surface area contributed by atoms with Gasteiger partial charge in [0.15, 0.2) is 6.29 Å². The Balaban J connectivity index is 2.58. The van der Waals surface area contributed by atoms with Crippen molar-refractivity contribution >= 4 is 0 Å². The van der Waals surface area contributed by atoms with E-state index in [0.717, 1.165) is 0 Å². The molecule has 72 valence electrons. The molecule has 0 aromatic heterocycles. The minimum Gasteiger partial charge on any atom is -0.394 e. The van der Waals surface area contributed by atoms with E-state index in [9.17, 15) is 5.11 Å². The molecule has 0 aliphatic carbocycles. The van der Waals surface area contributed by atoms with Crippen LogP contribution < -0.4 is 5.32 Å². The van der Waals surface area contributed by atoms with Crippen LogP contribution in [0.1, 0.15) is 0 Å². The van der Waals surface area contributed by atoms with E-state index in [1.807, 2.05) is 0 Å². The van der Waals surface area contributed by atoms with Gasteiger partial charge in [-0.1, -0.05) is 0 Å². The smallest absolute Gasteiger partial charge is 0.185 e. The van der Waals surface area contributed by atoms with Gasteiger partial charge >= 0.3 is 0 Å². The molecule has 12 heavy (non-hydrogen) atoms. The highest BCUT2D eigenvalue weighted by molar-refractivity contribution is 4.91. The van der Waals surface area contributed by atoms with Crippen molar-refractivity contribution in [2.75, 3.05) is 20.8 Å². The first-order valence-electron chi connectivity index (χ1n) is 3.89. The lowest BCUT2D eigenvalue weighted by molar-refractivity contribution is -0.153. The van der Waals surface area contributed by atoms with Gasteiger partial charge < -0.3 is 25.0 Å². The number of aliphatic hydroxyl groups excluding tert-OH is 2. The van der Waals surface area contributed by atoms with Crippen LogP contribution in [0.4, 0.5) is 0 Å². The normalized spacial score (nSPS) is 42.0. The molecule has 0 bridgehead atoms. The van der Waals surface area contributed by atoms with Crippen LogP contribution in [0.3, 0.4) is 0 Å². The monoisotopic (exact) mass is 177 g/mol. The molecule has 0 radical (unpaired) electrons. The van der Waals surface area contributed by atoms with E-state index < -0.39 is 18.5 Å². The summed E-state index contributed by atoms with van der Waals surface area (Å²) < 4.78 is 10.1. The Hall–Kier alpha value is -0.200. The maximum absolute atomic E-state index is 9.53. The minimum absolute atomic E-state index is 0.123. The molecule has 0 amide bonds. The number of likely N-dealkylation sites (N-methyl/N-ethyl adjacent to an activating group) is 1. The number of ether oxygens (including phenoxy) is 2. The largest absolute Gasteiger partial charge is 0.394 e. The van der Waals surface area contributed by atoms with Crippen molar-refractivity contribution in [2.24, 2.45) is 0 Å². The van der Waals surface area contributed by atoms with E-state index >= 15 is 0 Å². The van der Waals surface area contributed by atoms with Crippen molar-refractivity contribution < 1.29 is 19.7 Å². The molecule has 1 aliphatic rings. The van der Waals surface area contributed by atoms with Gasteiger partial charge in [0.25, 0.3) is 0 Å². The number of hydrogen-bond donors (Lipinski definition) is 3. The third-order valence-electron chi connectivity index (χ3n) is 2.10. The van der Waals surface area contributed by atoms with Crippen molar-refractivity contribution in [3.05, 3.63) is 0 Å². The Morgan fingerprint density at radius 2 is 2.25 bits per heavy atom. The van der Waals surface area contributed by atoms with E-state index in [0.29, 0.717) is 0 Å². The van der Waals surface area contributed by atoms with Crippen LogP contribution in [0.2, 0.25) is 0 Å². The molecule has 0 saturated carbocycles. The number of nitrogens with one attached hydrogen (secondary N) is 1. The lowest BCUT2D eigenvalue weighted by Gasteiger charge is -2.16. The summed E-state index contributed by atoms with van der Waals surface area (Å²) in [5.74, 6) is 0. The fraction of sp³-hybridized carbons (Fsp3) is 1.00. The average Bonchev–Trinajstić information content (AvgIpc) is 2.41. The zero-order valence-corrected chi connectivity index (χ0v) is 7.23. The molecule has 0 aromatic rings. The van der Waals surface area contributed by atoms with Crippen LogP contribution in [0, 0.1) is 0 Å². The van der Waals surface area contributed by atoms with Crippen molar-refractivity contribution in [1.29, 1.82) is 0 Å². The van der Waals surface area contributed by atoms with Crippen molar-refractivity contribution in [2.45, 2.75) is 24.5 Å². The number of hydrogen-bond acceptors (Lipinski definition) is 5. The second kappa shape index (κ2) is 4.15. The standard InChI is InChI=1S/C7H15NO4/c1-8-5-4(3-9)12-7(11-2)6(5)10/h4-10H,3H2,1-2H3/t4-,5-,6+,7-/m0/s1. The van der Waals surface area contributed by atoms with E-state index in [1.165, 1.54) is 7.11 Å². The van der Waals surface area contributed by atoms with Crippen molar-refractivity contribution in [1.82, 2.24) is 5.32 Å². The Morgan fingerprint density at radius 3 is 2.58 bits per heavy atom. The maximum Gasteiger partial charge on any atom is 0.185 e. The molecular formula is C7H15NO4. The van der Waals surface area contributed by atoms with Crippen LogP contribution >= 0.6 is 0 Å². The first kappa shape index (κ1) is 9.88. The Kier molecular flexibility index (Phi) is 3.42. The second-order valence-electron chi connectivity index (χ2n) is 2.77. The molecule has 0 spiro atoms. The molecule has 1 aliphatic heterocycles. The highest BCUT2D eigenvalue weighted by Gasteiger charge is 2.42. The van der Waals surface area contributed by atoms with Crippen molar-refractivity contribution in [3.63, 3.8) is 0 Å². The van der Waals surface area contributed by atoms with Gasteiger partial charge in [0.2, 0.25) is 0 Å². The summed E-state index contributed by atoms with van der Waals surface area (Å²) in [6.07, 6.45) is -1.76. The highest BCUT2D eigenvalue weighted by atomic mass is 16.7. The average molecular weight is 177 g/mol. The van der Waals surface area contributed by atoms with Crippen LogP contribution in [0.15, 0.2) is 0 Å². The first-order chi connectivity index (χ1) is 5.74. The quantitative estimate of drug-likeness (QED) is 0.479. The first-order valence-corrected chi connectivity index (χ1v) is 3.89. The Bertz CT molecular complexity index is 141.